The van der Waals surface area contributed by atoms with Crippen LogP contribution in [0.1, 0.15) is 0 Å². The maximum atomic E-state index is 2.34. The minimum absolute atomic E-state index is 1.07. The van der Waals surface area contributed by atoms with E-state index in [4.69, 9.17) is 0 Å². The largest absolute Gasteiger partial charge is 0.280 e. The average molecular weight is 241 g/mol. The van der Waals surface area contributed by atoms with Gasteiger partial charge in [-0.1, -0.05) is 0 Å². The molecule has 54 valence electrons. The molecule has 0 aromatic rings. The van der Waals surface area contributed by atoms with Crippen molar-refractivity contribution in [1.29, 1.82) is 0 Å². The first kappa shape index (κ1) is 7.71. The minimum atomic E-state index is 1.07. The van der Waals surface area contributed by atoms with Gasteiger partial charge in [-0.2, -0.15) is 0 Å². The highest BCUT2D eigenvalue weighted by Gasteiger charge is 2.14. The molecule has 0 bridgehead atoms. The van der Waals surface area contributed by atoms with Gasteiger partial charge in [-0.05, 0) is 14.1 Å². The van der Waals surface area contributed by atoms with Crippen LogP contribution in [-0.4, -0.2) is 47.0 Å². The highest BCUT2D eigenvalue weighted by Crippen LogP contribution is 2.06. The van der Waals surface area contributed by atoms with E-state index in [1.165, 1.54) is 0 Å². The predicted molar refractivity (Wildman–Crippen MR) is 46.0 cm³/mol. The summed E-state index contributed by atoms with van der Waals surface area (Å²) < 4.78 is 2.25. The van der Waals surface area contributed by atoms with Crippen LogP contribution in [0.4, 0.5) is 0 Å². The van der Waals surface area contributed by atoms with Crippen molar-refractivity contribution in [3.05, 3.63) is 0 Å². The van der Waals surface area contributed by atoms with Crippen molar-refractivity contribution in [2.45, 2.75) is 0 Å². The number of nitrogens with zero attached hydrogens (tertiary/aromatic N) is 3. The second-order valence-corrected chi connectivity index (χ2v) is 3.96. The van der Waals surface area contributed by atoms with Crippen LogP contribution >= 0.6 is 22.9 Å². The fourth-order valence-corrected chi connectivity index (χ4v) is 2.11. The predicted octanol–water partition coefficient (Wildman–Crippen LogP) is 0.388. The summed E-state index contributed by atoms with van der Waals surface area (Å²) in [5, 5.41) is 0. The lowest BCUT2D eigenvalue weighted by atomic mass is 10.6. The van der Waals surface area contributed by atoms with E-state index in [-0.39, 0.29) is 0 Å². The van der Waals surface area contributed by atoms with E-state index >= 15 is 0 Å². The van der Waals surface area contributed by atoms with Crippen molar-refractivity contribution in [1.82, 2.24) is 12.9 Å². The molecule has 0 N–H and O–H groups in total. The molecule has 1 heterocycles. The first-order valence-corrected chi connectivity index (χ1v) is 3.93. The van der Waals surface area contributed by atoms with E-state index < -0.39 is 0 Å². The summed E-state index contributed by atoms with van der Waals surface area (Å²) in [4.78, 5) is 4.55. The molecule has 3 nitrogen and oxygen atoms in total. The molecule has 1 fully saturated rings. The van der Waals surface area contributed by atoms with Gasteiger partial charge in [0.25, 0.3) is 0 Å². The first-order valence-electron chi connectivity index (χ1n) is 2.96. The van der Waals surface area contributed by atoms with Crippen LogP contribution in [0.3, 0.4) is 0 Å². The highest BCUT2D eigenvalue weighted by atomic mass is 127. The Labute approximate surface area is 70.1 Å². The van der Waals surface area contributed by atoms with Crippen molar-refractivity contribution in [2.24, 2.45) is 0 Å². The Kier molecular flexibility index (Phi) is 2.69. The Morgan fingerprint density at radius 2 is 1.44 bits per heavy atom. The fourth-order valence-electron chi connectivity index (χ4n) is 1.07. The Balaban J connectivity index is 2.34. The molecular weight excluding hydrogens is 229 g/mol. The molecule has 0 aromatic heterocycles. The summed E-state index contributed by atoms with van der Waals surface area (Å²) in [5.74, 6) is 0. The summed E-state index contributed by atoms with van der Waals surface area (Å²) in [6.07, 6.45) is 0. The molecule has 0 aromatic carbocycles. The summed E-state index contributed by atoms with van der Waals surface area (Å²) in [5.41, 5.74) is 0. The zero-order valence-corrected chi connectivity index (χ0v) is 8.00. The van der Waals surface area contributed by atoms with Gasteiger partial charge < -0.3 is 0 Å². The van der Waals surface area contributed by atoms with Gasteiger partial charge in [0.15, 0.2) is 0 Å². The molecule has 9 heavy (non-hydrogen) atoms. The number of rotatable bonds is 0. The van der Waals surface area contributed by atoms with Gasteiger partial charge >= 0.3 is 0 Å². The summed E-state index contributed by atoms with van der Waals surface area (Å²) >= 11 is 2.34. The second kappa shape index (κ2) is 3.14. The molecule has 4 heteroatoms. The topological polar surface area (TPSA) is 9.72 Å². The maximum absolute atomic E-state index is 2.34. The second-order valence-electron chi connectivity index (χ2n) is 2.60. The Hall–Kier alpha value is 0.610. The summed E-state index contributed by atoms with van der Waals surface area (Å²) in [6.45, 7) is 3.23. The van der Waals surface area contributed by atoms with Gasteiger partial charge in [0.2, 0.25) is 0 Å². The smallest absolute Gasteiger partial charge is 0.0621 e. The average Bonchev–Trinajstić information content (AvgIpc) is 1.59. The Morgan fingerprint density at radius 1 is 1.00 bits per heavy atom. The van der Waals surface area contributed by atoms with Gasteiger partial charge in [0.1, 0.15) is 0 Å². The fraction of sp³-hybridized carbons (Fsp3) is 1.00. The van der Waals surface area contributed by atoms with Gasteiger partial charge in [0, 0.05) is 22.9 Å². The summed E-state index contributed by atoms with van der Waals surface area (Å²) in [6, 6.07) is 0. The lowest BCUT2D eigenvalue weighted by Gasteiger charge is -2.35. The van der Waals surface area contributed by atoms with Crippen LogP contribution in [0.25, 0.3) is 0 Å². The maximum Gasteiger partial charge on any atom is 0.0621 e. The molecule has 0 radical (unpaired) electrons. The third-order valence-electron chi connectivity index (χ3n) is 1.27. The van der Waals surface area contributed by atoms with E-state index in [1.807, 2.05) is 0 Å². The Bertz CT molecular complexity index is 73.2. The SMILES string of the molecule is CN1CN(C)CN(I)C1. The van der Waals surface area contributed by atoms with Crippen molar-refractivity contribution in [2.75, 3.05) is 34.1 Å². The zero-order chi connectivity index (χ0) is 6.85. The highest BCUT2D eigenvalue weighted by molar-refractivity contribution is 14.1. The van der Waals surface area contributed by atoms with E-state index in [9.17, 15) is 0 Å². The number of halogens is 1. The third-order valence-corrected chi connectivity index (χ3v) is 1.88. The van der Waals surface area contributed by atoms with Crippen molar-refractivity contribution in [3.63, 3.8) is 0 Å². The van der Waals surface area contributed by atoms with Gasteiger partial charge in [-0.15, -0.1) is 0 Å². The first-order chi connectivity index (χ1) is 4.18. The van der Waals surface area contributed by atoms with E-state index in [1.54, 1.807) is 0 Å². The van der Waals surface area contributed by atoms with Crippen molar-refractivity contribution in [3.8, 4) is 0 Å². The molecule has 0 aliphatic carbocycles. The summed E-state index contributed by atoms with van der Waals surface area (Å²) in [7, 11) is 4.25. The lowest BCUT2D eigenvalue weighted by Crippen LogP contribution is -2.47. The quantitative estimate of drug-likeness (QED) is 0.448. The molecule has 0 unspecified atom stereocenters. The van der Waals surface area contributed by atoms with Crippen molar-refractivity contribution < 1.29 is 0 Å². The Morgan fingerprint density at radius 3 is 1.78 bits per heavy atom. The number of hydrogen-bond donors (Lipinski definition) is 0. The third kappa shape index (κ3) is 2.37. The van der Waals surface area contributed by atoms with E-state index in [0.29, 0.717) is 0 Å². The van der Waals surface area contributed by atoms with Gasteiger partial charge in [-0.25, -0.2) is 3.11 Å². The van der Waals surface area contributed by atoms with Crippen LogP contribution in [-0.2, 0) is 0 Å². The van der Waals surface area contributed by atoms with Crippen LogP contribution in [0, 0.1) is 0 Å². The van der Waals surface area contributed by atoms with E-state index in [2.05, 4.69) is 49.9 Å². The van der Waals surface area contributed by atoms with E-state index in [0.717, 1.165) is 20.0 Å². The number of hydrogen-bond acceptors (Lipinski definition) is 3. The minimum Gasteiger partial charge on any atom is -0.280 e. The van der Waals surface area contributed by atoms with Crippen LogP contribution < -0.4 is 0 Å². The van der Waals surface area contributed by atoms with Crippen LogP contribution in [0.15, 0.2) is 0 Å². The van der Waals surface area contributed by atoms with Crippen LogP contribution in [0.5, 0.6) is 0 Å². The molecule has 1 saturated heterocycles. The lowest BCUT2D eigenvalue weighted by molar-refractivity contribution is 0.0648. The molecule has 0 saturated carbocycles. The van der Waals surface area contributed by atoms with Gasteiger partial charge in [-0.3, -0.25) is 9.80 Å². The van der Waals surface area contributed by atoms with Gasteiger partial charge in [0.05, 0.1) is 20.0 Å². The standard InChI is InChI=1S/C5H12IN3/c1-7-3-8(2)5-9(6)4-7/h3-5H2,1-2H3. The molecule has 0 amide bonds. The van der Waals surface area contributed by atoms with Crippen molar-refractivity contribution >= 4 is 22.9 Å². The molecule has 1 aliphatic heterocycles. The normalized spacial score (nSPS) is 27.0. The molecule has 1 aliphatic rings. The monoisotopic (exact) mass is 241 g/mol. The van der Waals surface area contributed by atoms with Crippen LogP contribution in [0.2, 0.25) is 0 Å². The zero-order valence-electron chi connectivity index (χ0n) is 5.84. The molecular formula is C5H12IN3. The molecule has 1 rings (SSSR count). The molecule has 0 atom stereocenters. The molecule has 0 spiro atoms.